The van der Waals surface area contributed by atoms with E-state index in [0.717, 1.165) is 12.2 Å². The van der Waals surface area contributed by atoms with Crippen molar-refractivity contribution < 1.29 is 4.79 Å². The molecule has 1 aromatic carbocycles. The maximum atomic E-state index is 12.8. The second-order valence-electron chi connectivity index (χ2n) is 5.88. The Balaban J connectivity index is 1.65. The van der Waals surface area contributed by atoms with Crippen LogP contribution < -0.4 is 5.73 Å². The zero-order chi connectivity index (χ0) is 14.4. The second kappa shape index (κ2) is 4.70. The Labute approximate surface area is 123 Å². The average molecular weight is 282 g/mol. The van der Waals surface area contributed by atoms with E-state index in [1.165, 1.54) is 6.42 Å². The highest BCUT2D eigenvalue weighted by atomic mass is 16.2. The van der Waals surface area contributed by atoms with Gasteiger partial charge in [-0.1, -0.05) is 18.2 Å². The molecule has 1 aliphatic carbocycles. The number of fused-ring (bicyclic) bond motifs is 1. The molecule has 0 spiro atoms. The molecule has 1 saturated carbocycles. The molecule has 1 amide bonds. The van der Waals surface area contributed by atoms with Crippen molar-refractivity contribution in [3.63, 3.8) is 0 Å². The van der Waals surface area contributed by atoms with Crippen molar-refractivity contribution in [1.29, 1.82) is 0 Å². The van der Waals surface area contributed by atoms with Crippen molar-refractivity contribution in [2.24, 2.45) is 17.6 Å². The van der Waals surface area contributed by atoms with Crippen molar-refractivity contribution in [2.75, 3.05) is 13.1 Å². The zero-order valence-electron chi connectivity index (χ0n) is 11.7. The van der Waals surface area contributed by atoms with E-state index in [1.807, 2.05) is 35.2 Å². The van der Waals surface area contributed by atoms with E-state index < -0.39 is 0 Å². The molecule has 2 aliphatic rings. The standard InChI is InChI=1S/C16H18N4O/c17-9-15-13-8-11(13)10-19(15)16(21)14-6-7-18-20(14)12-4-2-1-3-5-12/h1-7,11,13,15H,8-10,17H2/t11-,13-,15-/m1/s1. The number of para-hydroxylation sites is 1. The molecule has 1 saturated heterocycles. The number of carbonyl (C=O) groups excluding carboxylic acids is 1. The number of amides is 1. The predicted molar refractivity (Wildman–Crippen MR) is 79.0 cm³/mol. The molecular formula is C16H18N4O. The van der Waals surface area contributed by atoms with Gasteiger partial charge in [0, 0.05) is 19.1 Å². The van der Waals surface area contributed by atoms with Gasteiger partial charge in [0.15, 0.2) is 0 Å². The first-order chi connectivity index (χ1) is 10.3. The van der Waals surface area contributed by atoms with Crippen LogP contribution in [-0.2, 0) is 0 Å². The third-order valence-electron chi connectivity index (χ3n) is 4.67. The largest absolute Gasteiger partial charge is 0.332 e. The Hall–Kier alpha value is -2.14. The molecule has 2 aromatic rings. The Kier molecular flexibility index (Phi) is 2.82. The van der Waals surface area contributed by atoms with Crippen LogP contribution in [0.5, 0.6) is 0 Å². The fourth-order valence-corrected chi connectivity index (χ4v) is 3.49. The monoisotopic (exact) mass is 282 g/mol. The van der Waals surface area contributed by atoms with Crippen molar-refractivity contribution in [3.8, 4) is 5.69 Å². The van der Waals surface area contributed by atoms with Gasteiger partial charge in [-0.3, -0.25) is 4.79 Å². The van der Waals surface area contributed by atoms with Crippen molar-refractivity contribution in [3.05, 3.63) is 48.3 Å². The van der Waals surface area contributed by atoms with Gasteiger partial charge in [-0.25, -0.2) is 4.68 Å². The van der Waals surface area contributed by atoms with Gasteiger partial charge in [0.1, 0.15) is 5.69 Å². The van der Waals surface area contributed by atoms with Crippen LogP contribution in [0.4, 0.5) is 0 Å². The third-order valence-corrected chi connectivity index (χ3v) is 4.67. The highest BCUT2D eigenvalue weighted by molar-refractivity contribution is 5.93. The highest BCUT2D eigenvalue weighted by Gasteiger charge is 2.53. The minimum Gasteiger partial charge on any atom is -0.332 e. The van der Waals surface area contributed by atoms with Crippen LogP contribution in [0.1, 0.15) is 16.9 Å². The van der Waals surface area contributed by atoms with E-state index in [0.29, 0.717) is 24.1 Å². The Morgan fingerprint density at radius 2 is 2.10 bits per heavy atom. The van der Waals surface area contributed by atoms with Gasteiger partial charge in [0.2, 0.25) is 0 Å². The number of benzene rings is 1. The maximum Gasteiger partial charge on any atom is 0.272 e. The Bertz CT molecular complexity index is 666. The van der Waals surface area contributed by atoms with Gasteiger partial charge in [0.05, 0.1) is 11.9 Å². The summed E-state index contributed by atoms with van der Waals surface area (Å²) in [6.07, 6.45) is 2.90. The number of hydrogen-bond donors (Lipinski definition) is 1. The molecule has 0 radical (unpaired) electrons. The normalized spacial score (nSPS) is 26.7. The molecule has 0 unspecified atom stereocenters. The minimum atomic E-state index is 0.0407. The molecule has 1 aliphatic heterocycles. The van der Waals surface area contributed by atoms with Crippen LogP contribution in [0.25, 0.3) is 5.69 Å². The topological polar surface area (TPSA) is 64.2 Å². The lowest BCUT2D eigenvalue weighted by atomic mass is 10.2. The molecule has 108 valence electrons. The smallest absolute Gasteiger partial charge is 0.272 e. The second-order valence-corrected chi connectivity index (χ2v) is 5.88. The van der Waals surface area contributed by atoms with Gasteiger partial charge in [0.25, 0.3) is 5.91 Å². The lowest BCUT2D eigenvalue weighted by Gasteiger charge is -2.26. The number of hydrogen-bond acceptors (Lipinski definition) is 3. The molecule has 3 atom stereocenters. The Morgan fingerprint density at radius 1 is 1.29 bits per heavy atom. The molecule has 2 fully saturated rings. The first-order valence-corrected chi connectivity index (χ1v) is 7.40. The number of nitrogens with two attached hydrogens (primary N) is 1. The van der Waals surface area contributed by atoms with E-state index in [4.69, 9.17) is 5.73 Å². The number of piperidine rings is 1. The fourth-order valence-electron chi connectivity index (χ4n) is 3.49. The van der Waals surface area contributed by atoms with Crippen molar-refractivity contribution in [1.82, 2.24) is 14.7 Å². The van der Waals surface area contributed by atoms with Gasteiger partial charge in [-0.05, 0) is 36.5 Å². The minimum absolute atomic E-state index is 0.0407. The van der Waals surface area contributed by atoms with Gasteiger partial charge >= 0.3 is 0 Å². The summed E-state index contributed by atoms with van der Waals surface area (Å²) in [6.45, 7) is 1.39. The molecule has 2 N–H and O–H groups in total. The number of rotatable bonds is 3. The average Bonchev–Trinajstić information content (AvgIpc) is 3.00. The summed E-state index contributed by atoms with van der Waals surface area (Å²) in [5.74, 6) is 1.32. The maximum absolute atomic E-state index is 12.8. The van der Waals surface area contributed by atoms with Crippen LogP contribution in [0, 0.1) is 11.8 Å². The van der Waals surface area contributed by atoms with Crippen molar-refractivity contribution >= 4 is 5.91 Å². The lowest BCUT2D eigenvalue weighted by Crippen LogP contribution is -2.43. The van der Waals surface area contributed by atoms with E-state index in [1.54, 1.807) is 16.9 Å². The van der Waals surface area contributed by atoms with Crippen molar-refractivity contribution in [2.45, 2.75) is 12.5 Å². The van der Waals surface area contributed by atoms with E-state index in [-0.39, 0.29) is 11.9 Å². The predicted octanol–water partition coefficient (Wildman–Crippen LogP) is 1.29. The number of aromatic nitrogens is 2. The first kappa shape index (κ1) is 12.6. The number of nitrogens with zero attached hydrogens (tertiary/aromatic N) is 3. The van der Waals surface area contributed by atoms with Crippen LogP contribution >= 0.6 is 0 Å². The summed E-state index contributed by atoms with van der Waals surface area (Å²) < 4.78 is 1.71. The van der Waals surface area contributed by atoms with Gasteiger partial charge < -0.3 is 10.6 Å². The number of likely N-dealkylation sites (tertiary alicyclic amines) is 1. The van der Waals surface area contributed by atoms with E-state index in [2.05, 4.69) is 5.10 Å². The summed E-state index contributed by atoms with van der Waals surface area (Å²) in [5.41, 5.74) is 7.38. The van der Waals surface area contributed by atoms with Crippen LogP contribution in [0.15, 0.2) is 42.6 Å². The quantitative estimate of drug-likeness (QED) is 0.922. The number of carbonyl (C=O) groups is 1. The fraction of sp³-hybridized carbons (Fsp3) is 0.375. The lowest BCUT2D eigenvalue weighted by molar-refractivity contribution is 0.0703. The van der Waals surface area contributed by atoms with Crippen LogP contribution in [0.3, 0.4) is 0 Å². The van der Waals surface area contributed by atoms with Gasteiger partial charge in [-0.15, -0.1) is 0 Å². The molecule has 5 nitrogen and oxygen atoms in total. The molecule has 4 rings (SSSR count). The summed E-state index contributed by atoms with van der Waals surface area (Å²) in [7, 11) is 0. The molecule has 5 heteroatoms. The highest BCUT2D eigenvalue weighted by Crippen LogP contribution is 2.49. The molecule has 0 bridgehead atoms. The Morgan fingerprint density at radius 3 is 2.86 bits per heavy atom. The SMILES string of the molecule is NC[C@@H]1[C@@H]2C[C@@H]2CN1C(=O)c1ccnn1-c1ccccc1. The summed E-state index contributed by atoms with van der Waals surface area (Å²) in [5, 5.41) is 4.30. The summed E-state index contributed by atoms with van der Waals surface area (Å²) in [4.78, 5) is 14.8. The van der Waals surface area contributed by atoms with E-state index >= 15 is 0 Å². The zero-order valence-corrected chi connectivity index (χ0v) is 11.7. The first-order valence-electron chi connectivity index (χ1n) is 7.40. The molecule has 2 heterocycles. The van der Waals surface area contributed by atoms with Gasteiger partial charge in [-0.2, -0.15) is 5.10 Å². The third kappa shape index (κ3) is 1.96. The molecule has 1 aromatic heterocycles. The summed E-state index contributed by atoms with van der Waals surface area (Å²) in [6, 6.07) is 11.7. The molecule has 21 heavy (non-hydrogen) atoms. The molecular weight excluding hydrogens is 264 g/mol. The van der Waals surface area contributed by atoms with Crippen LogP contribution in [-0.4, -0.2) is 39.7 Å². The summed E-state index contributed by atoms with van der Waals surface area (Å²) >= 11 is 0. The van der Waals surface area contributed by atoms with E-state index in [9.17, 15) is 4.79 Å². The van der Waals surface area contributed by atoms with Crippen LogP contribution in [0.2, 0.25) is 0 Å².